The number of carbonyl (C=O) groups is 2. The number of hydrogen-bond donors (Lipinski definition) is 3. The number of carbonyl (C=O) groups excluding carboxylic acids is 2. The third kappa shape index (κ3) is 4.11. The van der Waals surface area contributed by atoms with Gasteiger partial charge < -0.3 is 5.11 Å². The molecule has 1 unspecified atom stereocenters. The first kappa shape index (κ1) is 17.5. The molecule has 0 bridgehead atoms. The third-order valence-electron chi connectivity index (χ3n) is 3.75. The van der Waals surface area contributed by atoms with E-state index in [0.717, 1.165) is 5.56 Å². The number of phenolic OH excluding ortho intramolecular Hbond substituents is 1. The number of amides is 2. The molecule has 0 saturated heterocycles. The zero-order chi connectivity index (χ0) is 17.5. The summed E-state index contributed by atoms with van der Waals surface area (Å²) in [4.78, 5) is 26.5. The van der Waals surface area contributed by atoms with E-state index in [0.29, 0.717) is 6.54 Å². The Balaban J connectivity index is 2.08. The van der Waals surface area contributed by atoms with Crippen LogP contribution in [0.4, 0.5) is 0 Å². The largest absolute Gasteiger partial charge is 0.507 e. The summed E-state index contributed by atoms with van der Waals surface area (Å²) in [6, 6.07) is 14.9. The molecule has 6 heteroatoms. The zero-order valence-corrected chi connectivity index (χ0v) is 13.7. The van der Waals surface area contributed by atoms with Crippen LogP contribution in [-0.2, 0) is 4.79 Å². The van der Waals surface area contributed by atoms with Crippen molar-refractivity contribution in [2.24, 2.45) is 0 Å². The average molecular weight is 327 g/mol. The third-order valence-corrected chi connectivity index (χ3v) is 3.75. The molecule has 0 aliphatic heterocycles. The van der Waals surface area contributed by atoms with Gasteiger partial charge in [0.25, 0.3) is 11.8 Å². The normalized spacial score (nSPS) is 11.8. The summed E-state index contributed by atoms with van der Waals surface area (Å²) < 4.78 is 0. The molecule has 0 heterocycles. The van der Waals surface area contributed by atoms with Gasteiger partial charge in [0.2, 0.25) is 0 Å². The van der Waals surface area contributed by atoms with Crippen LogP contribution in [0.3, 0.4) is 0 Å². The molecule has 2 aromatic carbocycles. The first-order valence-electron chi connectivity index (χ1n) is 7.68. The van der Waals surface area contributed by atoms with Gasteiger partial charge in [0, 0.05) is 0 Å². The average Bonchev–Trinajstić information content (AvgIpc) is 2.61. The number of likely N-dealkylation sites (N-methyl/N-ethyl adjacent to an activating group) is 1. The predicted octanol–water partition coefficient (Wildman–Crippen LogP) is 1.85. The van der Waals surface area contributed by atoms with Crippen LogP contribution >= 0.6 is 0 Å². The Kier molecular flexibility index (Phi) is 5.92. The van der Waals surface area contributed by atoms with Gasteiger partial charge in [0.15, 0.2) is 0 Å². The number of benzene rings is 2. The molecule has 126 valence electrons. The van der Waals surface area contributed by atoms with E-state index in [-0.39, 0.29) is 17.2 Å². The van der Waals surface area contributed by atoms with Gasteiger partial charge in [-0.25, -0.2) is 0 Å². The molecule has 1 atom stereocenters. The second-order valence-electron chi connectivity index (χ2n) is 5.35. The second-order valence-corrected chi connectivity index (χ2v) is 5.35. The number of rotatable bonds is 5. The van der Waals surface area contributed by atoms with Gasteiger partial charge in [0.05, 0.1) is 5.56 Å². The van der Waals surface area contributed by atoms with Crippen molar-refractivity contribution in [2.75, 3.05) is 13.6 Å². The molecule has 0 radical (unpaired) electrons. The number of hydrogen-bond acceptors (Lipinski definition) is 4. The number of nitrogens with one attached hydrogen (secondary N) is 2. The topological polar surface area (TPSA) is 81.7 Å². The lowest BCUT2D eigenvalue weighted by Crippen LogP contribution is -2.47. The van der Waals surface area contributed by atoms with Crippen LogP contribution in [-0.4, -0.2) is 35.4 Å². The standard InChI is InChI=1S/C18H21N3O3/c1-3-21(2)16(13-9-5-4-6-10-13)18(24)20-19-17(23)14-11-7-8-12-15(14)22/h4-12,16,22H,3H2,1-2H3,(H,19,23)(H,20,24). The molecular formula is C18H21N3O3. The van der Waals surface area contributed by atoms with Crippen molar-refractivity contribution >= 4 is 11.8 Å². The van der Waals surface area contributed by atoms with E-state index in [4.69, 9.17) is 0 Å². The van der Waals surface area contributed by atoms with Crippen molar-refractivity contribution < 1.29 is 14.7 Å². The highest BCUT2D eigenvalue weighted by atomic mass is 16.3. The number of para-hydroxylation sites is 1. The van der Waals surface area contributed by atoms with Crippen LogP contribution in [0.15, 0.2) is 54.6 Å². The summed E-state index contributed by atoms with van der Waals surface area (Å²) in [5.74, 6) is -1.07. The fraction of sp³-hybridized carbons (Fsp3) is 0.222. The Hall–Kier alpha value is -2.86. The molecule has 0 spiro atoms. The summed E-state index contributed by atoms with van der Waals surface area (Å²) in [7, 11) is 1.84. The highest BCUT2D eigenvalue weighted by molar-refractivity contribution is 5.98. The minimum absolute atomic E-state index is 0.0953. The van der Waals surface area contributed by atoms with Gasteiger partial charge in [-0.15, -0.1) is 0 Å². The fourth-order valence-corrected chi connectivity index (χ4v) is 2.34. The maximum absolute atomic E-state index is 12.5. The molecule has 2 aromatic rings. The Bertz CT molecular complexity index is 704. The predicted molar refractivity (Wildman–Crippen MR) is 91.2 cm³/mol. The summed E-state index contributed by atoms with van der Waals surface area (Å²) in [6.45, 7) is 2.62. The minimum atomic E-state index is -0.576. The van der Waals surface area contributed by atoms with E-state index in [1.54, 1.807) is 12.1 Å². The minimum Gasteiger partial charge on any atom is -0.507 e. The van der Waals surface area contributed by atoms with Crippen molar-refractivity contribution in [1.29, 1.82) is 0 Å². The van der Waals surface area contributed by atoms with Crippen molar-refractivity contribution in [2.45, 2.75) is 13.0 Å². The summed E-state index contributed by atoms with van der Waals surface area (Å²) in [6.07, 6.45) is 0. The molecule has 6 nitrogen and oxygen atoms in total. The summed E-state index contributed by atoms with van der Waals surface area (Å²) >= 11 is 0. The lowest BCUT2D eigenvalue weighted by atomic mass is 10.1. The number of aromatic hydroxyl groups is 1. The number of hydrazine groups is 1. The first-order chi connectivity index (χ1) is 11.5. The molecule has 0 fully saturated rings. The van der Waals surface area contributed by atoms with Crippen molar-refractivity contribution in [3.8, 4) is 5.75 Å². The van der Waals surface area contributed by atoms with Crippen LogP contribution in [0.5, 0.6) is 5.75 Å². The van der Waals surface area contributed by atoms with Gasteiger partial charge in [-0.2, -0.15) is 0 Å². The first-order valence-corrected chi connectivity index (χ1v) is 7.68. The molecule has 0 aromatic heterocycles. The number of nitrogens with zero attached hydrogens (tertiary/aromatic N) is 1. The van der Waals surface area contributed by atoms with E-state index < -0.39 is 11.9 Å². The summed E-state index contributed by atoms with van der Waals surface area (Å²) in [5, 5.41) is 9.68. The lowest BCUT2D eigenvalue weighted by Gasteiger charge is -2.26. The van der Waals surface area contributed by atoms with Crippen molar-refractivity contribution in [1.82, 2.24) is 15.8 Å². The van der Waals surface area contributed by atoms with Gasteiger partial charge in [0.1, 0.15) is 11.8 Å². The molecule has 0 aliphatic rings. The Morgan fingerprint density at radius 1 is 1.04 bits per heavy atom. The van der Waals surface area contributed by atoms with Crippen LogP contribution < -0.4 is 10.9 Å². The van der Waals surface area contributed by atoms with Crippen molar-refractivity contribution in [3.63, 3.8) is 0 Å². The molecule has 24 heavy (non-hydrogen) atoms. The molecule has 0 aliphatic carbocycles. The monoisotopic (exact) mass is 327 g/mol. The quantitative estimate of drug-likeness (QED) is 0.732. The smallest absolute Gasteiger partial charge is 0.273 e. The second kappa shape index (κ2) is 8.12. The molecule has 2 amide bonds. The SMILES string of the molecule is CCN(C)C(C(=O)NNC(=O)c1ccccc1O)c1ccccc1. The van der Waals surface area contributed by atoms with E-state index in [1.807, 2.05) is 49.2 Å². The van der Waals surface area contributed by atoms with Gasteiger partial charge in [-0.3, -0.25) is 25.3 Å². The number of phenols is 1. The maximum atomic E-state index is 12.5. The Morgan fingerprint density at radius 2 is 1.67 bits per heavy atom. The maximum Gasteiger partial charge on any atom is 0.273 e. The highest BCUT2D eigenvalue weighted by Crippen LogP contribution is 2.19. The Labute approximate surface area is 141 Å². The van der Waals surface area contributed by atoms with E-state index in [9.17, 15) is 14.7 Å². The van der Waals surface area contributed by atoms with Crippen LogP contribution in [0, 0.1) is 0 Å². The van der Waals surface area contributed by atoms with E-state index in [1.165, 1.54) is 12.1 Å². The molecule has 0 saturated carbocycles. The van der Waals surface area contributed by atoms with Gasteiger partial charge >= 0.3 is 0 Å². The Morgan fingerprint density at radius 3 is 2.29 bits per heavy atom. The van der Waals surface area contributed by atoms with Crippen LogP contribution in [0.25, 0.3) is 0 Å². The van der Waals surface area contributed by atoms with Gasteiger partial charge in [-0.1, -0.05) is 49.4 Å². The molecule has 2 rings (SSSR count). The van der Waals surface area contributed by atoms with Crippen LogP contribution in [0.1, 0.15) is 28.9 Å². The molecular weight excluding hydrogens is 306 g/mol. The zero-order valence-electron chi connectivity index (χ0n) is 13.7. The fourth-order valence-electron chi connectivity index (χ4n) is 2.34. The van der Waals surface area contributed by atoms with E-state index in [2.05, 4.69) is 10.9 Å². The lowest BCUT2D eigenvalue weighted by molar-refractivity contribution is -0.127. The molecule has 3 N–H and O–H groups in total. The highest BCUT2D eigenvalue weighted by Gasteiger charge is 2.24. The summed E-state index contributed by atoms with van der Waals surface area (Å²) in [5.41, 5.74) is 5.70. The van der Waals surface area contributed by atoms with Crippen molar-refractivity contribution in [3.05, 3.63) is 65.7 Å². The van der Waals surface area contributed by atoms with Gasteiger partial charge in [-0.05, 0) is 31.3 Å². The van der Waals surface area contributed by atoms with E-state index >= 15 is 0 Å². The van der Waals surface area contributed by atoms with Crippen LogP contribution in [0.2, 0.25) is 0 Å².